The highest BCUT2D eigenvalue weighted by atomic mass is 16.6. The van der Waals surface area contributed by atoms with Gasteiger partial charge in [0.25, 0.3) is 0 Å². The maximum atomic E-state index is 12.7. The van der Waals surface area contributed by atoms with E-state index in [-0.39, 0.29) is 13.2 Å². The van der Waals surface area contributed by atoms with Crippen molar-refractivity contribution in [1.82, 2.24) is 5.32 Å². The lowest BCUT2D eigenvalue weighted by Crippen LogP contribution is -2.44. The predicted octanol–water partition coefficient (Wildman–Crippen LogP) is 3.71. The highest BCUT2D eigenvalue weighted by Gasteiger charge is 2.37. The van der Waals surface area contributed by atoms with E-state index in [0.717, 1.165) is 17.7 Å². The number of carbonyl (C=O) groups is 2. The van der Waals surface area contributed by atoms with Gasteiger partial charge in [-0.3, -0.25) is 4.79 Å². The number of ether oxygens (including phenoxy) is 2. The summed E-state index contributed by atoms with van der Waals surface area (Å²) in [5.74, 6) is -0.375. The van der Waals surface area contributed by atoms with Crippen LogP contribution in [-0.4, -0.2) is 30.9 Å². The summed E-state index contributed by atoms with van der Waals surface area (Å²) in [5, 5.41) is 2.79. The number of para-hydroxylation sites is 1. The monoisotopic (exact) mass is 380 g/mol. The molecule has 28 heavy (non-hydrogen) atoms. The summed E-state index contributed by atoms with van der Waals surface area (Å²) in [6.07, 6.45) is 0.921. The zero-order valence-electron chi connectivity index (χ0n) is 16.1. The number of carbonyl (C=O) groups excluding carboxylic acids is 2. The van der Waals surface area contributed by atoms with Gasteiger partial charge in [0, 0.05) is 5.71 Å². The van der Waals surface area contributed by atoms with Crippen molar-refractivity contribution in [3.05, 3.63) is 65.7 Å². The molecule has 0 radical (unpaired) electrons. The minimum absolute atomic E-state index is 0.118. The zero-order chi connectivity index (χ0) is 19.9. The maximum absolute atomic E-state index is 12.7. The van der Waals surface area contributed by atoms with E-state index in [9.17, 15) is 9.59 Å². The molecule has 0 aliphatic carbocycles. The van der Waals surface area contributed by atoms with E-state index < -0.39 is 24.0 Å². The van der Waals surface area contributed by atoms with Gasteiger partial charge in [0.15, 0.2) is 0 Å². The van der Waals surface area contributed by atoms with Crippen LogP contribution in [0.1, 0.15) is 31.0 Å². The van der Waals surface area contributed by atoms with E-state index >= 15 is 0 Å². The Labute approximate surface area is 164 Å². The van der Waals surface area contributed by atoms with Crippen LogP contribution in [0.3, 0.4) is 0 Å². The molecule has 0 saturated heterocycles. The Hall–Kier alpha value is -3.15. The van der Waals surface area contributed by atoms with Crippen LogP contribution in [0.5, 0.6) is 5.75 Å². The molecule has 2 atom stereocenters. The van der Waals surface area contributed by atoms with Gasteiger partial charge in [-0.1, -0.05) is 49.4 Å². The van der Waals surface area contributed by atoms with Gasteiger partial charge in [-0.05, 0) is 36.6 Å². The lowest BCUT2D eigenvalue weighted by Gasteiger charge is -2.29. The molecule has 0 bridgehead atoms. The van der Waals surface area contributed by atoms with Gasteiger partial charge in [-0.15, -0.1) is 0 Å². The van der Waals surface area contributed by atoms with E-state index in [4.69, 9.17) is 9.47 Å². The predicted molar refractivity (Wildman–Crippen MR) is 107 cm³/mol. The third-order valence-electron chi connectivity index (χ3n) is 4.68. The molecule has 1 heterocycles. The van der Waals surface area contributed by atoms with E-state index in [2.05, 4.69) is 17.2 Å². The van der Waals surface area contributed by atoms with Crippen molar-refractivity contribution in [1.29, 1.82) is 0 Å². The Morgan fingerprint density at radius 2 is 1.79 bits per heavy atom. The molecule has 3 rings (SSSR count). The molecule has 1 aliphatic heterocycles. The fourth-order valence-corrected chi connectivity index (χ4v) is 3.17. The minimum atomic E-state index is -0.665. The number of hydrogen-bond acceptors (Lipinski definition) is 4. The lowest BCUT2D eigenvalue weighted by molar-refractivity contribution is -0.147. The van der Waals surface area contributed by atoms with Gasteiger partial charge in [-0.2, -0.15) is 0 Å². The topological polar surface area (TPSA) is 77.0 Å². The molecule has 2 aromatic rings. The first-order valence-electron chi connectivity index (χ1n) is 9.37. The van der Waals surface area contributed by atoms with Gasteiger partial charge in [0.05, 0.1) is 6.04 Å². The molecular formula is C22H24N2O4. The normalized spacial score (nSPS) is 18.8. The van der Waals surface area contributed by atoms with Crippen molar-refractivity contribution in [2.75, 3.05) is 13.2 Å². The second-order valence-electron chi connectivity index (χ2n) is 6.58. The van der Waals surface area contributed by atoms with Crippen molar-refractivity contribution < 1.29 is 19.1 Å². The molecule has 1 aliphatic rings. The molecule has 0 fully saturated rings. The molecule has 2 unspecified atom stereocenters. The number of hydrogen-bond donors (Lipinski definition) is 1. The molecule has 0 spiro atoms. The standard InChI is InChI=1S/C22H24N2O4/c1-3-16-9-11-17(12-10-16)20-19(15(2)23-22(26)24-20)21(25)28-14-13-27-18-7-5-4-6-8-18/h4-12,19-20H,3,13-14H2,1-2H3,(H,24,26). The van der Waals surface area contributed by atoms with Crippen LogP contribution in [-0.2, 0) is 16.0 Å². The Morgan fingerprint density at radius 1 is 1.07 bits per heavy atom. The smallest absolute Gasteiger partial charge is 0.341 e. The van der Waals surface area contributed by atoms with E-state index in [1.807, 2.05) is 54.6 Å². The minimum Gasteiger partial charge on any atom is -0.490 e. The number of nitrogens with one attached hydrogen (secondary N) is 1. The maximum Gasteiger partial charge on any atom is 0.341 e. The first-order chi connectivity index (χ1) is 13.6. The Balaban J connectivity index is 1.65. The van der Waals surface area contributed by atoms with Crippen LogP contribution in [0.25, 0.3) is 0 Å². The zero-order valence-corrected chi connectivity index (χ0v) is 16.1. The van der Waals surface area contributed by atoms with Gasteiger partial charge < -0.3 is 14.8 Å². The van der Waals surface area contributed by atoms with Crippen LogP contribution in [0.2, 0.25) is 0 Å². The van der Waals surface area contributed by atoms with E-state index in [1.165, 1.54) is 5.56 Å². The van der Waals surface area contributed by atoms with Gasteiger partial charge in [0.2, 0.25) is 0 Å². The van der Waals surface area contributed by atoms with Crippen LogP contribution in [0.15, 0.2) is 59.6 Å². The van der Waals surface area contributed by atoms with Crippen molar-refractivity contribution in [2.45, 2.75) is 26.3 Å². The highest BCUT2D eigenvalue weighted by Crippen LogP contribution is 2.28. The first-order valence-corrected chi connectivity index (χ1v) is 9.37. The molecular weight excluding hydrogens is 356 g/mol. The fourth-order valence-electron chi connectivity index (χ4n) is 3.17. The molecule has 0 saturated carbocycles. The second kappa shape index (κ2) is 9.17. The van der Waals surface area contributed by atoms with Crippen LogP contribution in [0.4, 0.5) is 4.79 Å². The van der Waals surface area contributed by atoms with Crippen LogP contribution in [0, 0.1) is 5.92 Å². The SMILES string of the molecule is CCc1ccc(C2NC(=O)N=C(C)C2C(=O)OCCOc2ccccc2)cc1. The van der Waals surface area contributed by atoms with Gasteiger partial charge in [0.1, 0.15) is 24.9 Å². The summed E-state index contributed by atoms with van der Waals surface area (Å²) >= 11 is 0. The van der Waals surface area contributed by atoms with Gasteiger partial charge >= 0.3 is 12.0 Å². The Morgan fingerprint density at radius 3 is 2.46 bits per heavy atom. The molecule has 2 aromatic carbocycles. The molecule has 2 amide bonds. The third-order valence-corrected chi connectivity index (χ3v) is 4.68. The Kier molecular flexibility index (Phi) is 6.42. The van der Waals surface area contributed by atoms with Crippen molar-refractivity contribution >= 4 is 17.7 Å². The second-order valence-corrected chi connectivity index (χ2v) is 6.58. The number of rotatable bonds is 7. The highest BCUT2D eigenvalue weighted by molar-refractivity contribution is 6.08. The average Bonchev–Trinajstić information content (AvgIpc) is 2.71. The van der Waals surface area contributed by atoms with Gasteiger partial charge in [-0.25, -0.2) is 9.79 Å². The molecule has 6 heteroatoms. The number of aliphatic imine (C=N–C) groups is 1. The fraction of sp³-hybridized carbons (Fsp3) is 0.318. The van der Waals surface area contributed by atoms with E-state index in [0.29, 0.717) is 5.71 Å². The Bertz CT molecular complexity index is 847. The summed E-state index contributed by atoms with van der Waals surface area (Å²) in [5.41, 5.74) is 2.48. The summed E-state index contributed by atoms with van der Waals surface area (Å²) in [4.78, 5) is 28.5. The lowest BCUT2D eigenvalue weighted by atomic mass is 9.88. The largest absolute Gasteiger partial charge is 0.490 e. The average molecular weight is 380 g/mol. The summed E-state index contributed by atoms with van der Waals surface area (Å²) in [6.45, 7) is 4.12. The van der Waals surface area contributed by atoms with Crippen LogP contribution < -0.4 is 10.1 Å². The quantitative estimate of drug-likeness (QED) is 0.587. The summed E-state index contributed by atoms with van der Waals surface area (Å²) in [7, 11) is 0. The number of benzene rings is 2. The molecule has 146 valence electrons. The number of urea groups is 1. The van der Waals surface area contributed by atoms with Crippen molar-refractivity contribution in [2.24, 2.45) is 10.9 Å². The first kappa shape index (κ1) is 19.6. The number of amides is 2. The number of nitrogens with zero attached hydrogens (tertiary/aromatic N) is 1. The summed E-state index contributed by atoms with van der Waals surface area (Å²) < 4.78 is 11.0. The van der Waals surface area contributed by atoms with Crippen LogP contribution >= 0.6 is 0 Å². The molecule has 1 N–H and O–H groups in total. The number of esters is 1. The van der Waals surface area contributed by atoms with Crippen molar-refractivity contribution in [3.8, 4) is 5.75 Å². The summed E-state index contributed by atoms with van der Waals surface area (Å²) in [6, 6.07) is 16.2. The third kappa shape index (κ3) is 4.76. The molecule has 6 nitrogen and oxygen atoms in total. The van der Waals surface area contributed by atoms with E-state index in [1.54, 1.807) is 6.92 Å². The van der Waals surface area contributed by atoms with Crippen molar-refractivity contribution in [3.63, 3.8) is 0 Å². The number of aryl methyl sites for hydroxylation is 1. The molecule has 0 aromatic heterocycles.